The van der Waals surface area contributed by atoms with Crippen LogP contribution in [0.15, 0.2) is 49.1 Å². The van der Waals surface area contributed by atoms with Crippen LogP contribution in [0, 0.1) is 23.5 Å². The van der Waals surface area contributed by atoms with E-state index in [0.717, 1.165) is 25.9 Å². The third-order valence-corrected chi connectivity index (χ3v) is 7.19. The zero-order valence-electron chi connectivity index (χ0n) is 19.0. The van der Waals surface area contributed by atoms with E-state index >= 15 is 0 Å². The number of allylic oxidation sites excluding steroid dienone is 1. The van der Waals surface area contributed by atoms with Gasteiger partial charge in [0, 0.05) is 11.5 Å². The molecule has 1 aliphatic heterocycles. The van der Waals surface area contributed by atoms with E-state index in [1.54, 1.807) is 6.07 Å². The van der Waals surface area contributed by atoms with E-state index in [9.17, 15) is 8.78 Å². The molecule has 1 heterocycles. The van der Waals surface area contributed by atoms with Gasteiger partial charge in [-0.1, -0.05) is 37.3 Å². The molecular formula is C28H34F2O2. The quantitative estimate of drug-likeness (QED) is 0.411. The topological polar surface area (TPSA) is 18.5 Å². The molecule has 4 heteroatoms. The molecule has 0 bridgehead atoms. The maximum absolute atomic E-state index is 14.6. The summed E-state index contributed by atoms with van der Waals surface area (Å²) in [4.78, 5) is 0. The average Bonchev–Trinajstić information content (AvgIpc) is 2.85. The first-order valence-corrected chi connectivity index (χ1v) is 12.1. The van der Waals surface area contributed by atoms with Gasteiger partial charge in [-0.05, 0) is 80.0 Å². The number of halogens is 2. The molecule has 32 heavy (non-hydrogen) atoms. The standard InChI is InChI=1S/C28H34F2O2/c1-3-17-31-26-16-14-24(27(29)28(26)30)21-11-9-20(10-12-21)23-13-15-25(32-18-23)22-7-5-19(4-2)6-8-22/h4,9-12,14,16,19,22-23,25H,2-3,5-8,13,15,17-18H2,1H3. The summed E-state index contributed by atoms with van der Waals surface area (Å²) in [5, 5.41) is 0. The lowest BCUT2D eigenvalue weighted by Gasteiger charge is -2.37. The fraction of sp³-hybridized carbons (Fsp3) is 0.500. The largest absolute Gasteiger partial charge is 0.490 e. The van der Waals surface area contributed by atoms with Gasteiger partial charge in [-0.3, -0.25) is 0 Å². The highest BCUT2D eigenvalue weighted by Gasteiger charge is 2.31. The van der Waals surface area contributed by atoms with Crippen LogP contribution in [0.5, 0.6) is 5.75 Å². The Morgan fingerprint density at radius 2 is 1.72 bits per heavy atom. The van der Waals surface area contributed by atoms with Gasteiger partial charge < -0.3 is 9.47 Å². The summed E-state index contributed by atoms with van der Waals surface area (Å²) >= 11 is 0. The highest BCUT2D eigenvalue weighted by atomic mass is 19.2. The molecule has 1 saturated heterocycles. The van der Waals surface area contributed by atoms with Gasteiger partial charge in [0.25, 0.3) is 0 Å². The van der Waals surface area contributed by atoms with Gasteiger partial charge in [0.05, 0.1) is 19.3 Å². The Morgan fingerprint density at radius 1 is 0.969 bits per heavy atom. The summed E-state index contributed by atoms with van der Waals surface area (Å²) in [6.45, 7) is 6.96. The van der Waals surface area contributed by atoms with Gasteiger partial charge in [0.2, 0.25) is 5.82 Å². The zero-order valence-corrected chi connectivity index (χ0v) is 19.0. The molecule has 0 radical (unpaired) electrons. The summed E-state index contributed by atoms with van der Waals surface area (Å²) in [7, 11) is 0. The summed E-state index contributed by atoms with van der Waals surface area (Å²) in [6, 6.07) is 10.9. The Morgan fingerprint density at radius 3 is 2.34 bits per heavy atom. The van der Waals surface area contributed by atoms with Gasteiger partial charge in [-0.25, -0.2) is 4.39 Å². The predicted molar refractivity (Wildman–Crippen MR) is 125 cm³/mol. The highest BCUT2D eigenvalue weighted by Crippen LogP contribution is 2.38. The van der Waals surface area contributed by atoms with E-state index in [0.29, 0.717) is 36.0 Å². The van der Waals surface area contributed by atoms with Crippen LogP contribution in [-0.2, 0) is 4.74 Å². The molecule has 0 aromatic heterocycles. The Bertz CT molecular complexity index is 892. The second-order valence-corrected chi connectivity index (χ2v) is 9.27. The van der Waals surface area contributed by atoms with Crippen LogP contribution >= 0.6 is 0 Å². The van der Waals surface area contributed by atoms with Crippen molar-refractivity contribution in [2.24, 2.45) is 11.8 Å². The number of rotatable bonds is 7. The smallest absolute Gasteiger partial charge is 0.201 e. The molecule has 2 atom stereocenters. The van der Waals surface area contributed by atoms with E-state index in [1.165, 1.54) is 37.3 Å². The molecule has 0 spiro atoms. The minimum atomic E-state index is -0.922. The molecule has 4 rings (SSSR count). The van der Waals surface area contributed by atoms with Crippen molar-refractivity contribution < 1.29 is 18.3 Å². The van der Waals surface area contributed by atoms with Crippen LogP contribution in [0.1, 0.15) is 63.4 Å². The second kappa shape index (κ2) is 10.6. The molecule has 2 unspecified atom stereocenters. The number of hydrogen-bond donors (Lipinski definition) is 0. The molecule has 0 N–H and O–H groups in total. The van der Waals surface area contributed by atoms with Crippen LogP contribution in [-0.4, -0.2) is 19.3 Å². The van der Waals surface area contributed by atoms with Gasteiger partial charge in [0.1, 0.15) is 0 Å². The third kappa shape index (κ3) is 5.06. The SMILES string of the molecule is C=CC1CCC(C2CCC(c3ccc(-c4ccc(OCCC)c(F)c4F)cc3)CO2)CC1. The molecule has 2 aliphatic rings. The summed E-state index contributed by atoms with van der Waals surface area (Å²) in [5.74, 6) is -0.0979. The van der Waals surface area contributed by atoms with Gasteiger partial charge in [-0.2, -0.15) is 4.39 Å². The number of benzene rings is 2. The molecular weight excluding hydrogens is 406 g/mol. The summed E-state index contributed by atoms with van der Waals surface area (Å²) in [6.07, 6.45) is 10.4. The lowest BCUT2D eigenvalue weighted by Crippen LogP contribution is -2.33. The zero-order chi connectivity index (χ0) is 22.5. The molecule has 1 saturated carbocycles. The monoisotopic (exact) mass is 440 g/mol. The minimum Gasteiger partial charge on any atom is -0.490 e. The molecule has 2 nitrogen and oxygen atoms in total. The van der Waals surface area contributed by atoms with Gasteiger partial charge in [0.15, 0.2) is 11.6 Å². The molecule has 1 aliphatic carbocycles. The van der Waals surface area contributed by atoms with Crippen molar-refractivity contribution >= 4 is 0 Å². The highest BCUT2D eigenvalue weighted by molar-refractivity contribution is 5.65. The third-order valence-electron chi connectivity index (χ3n) is 7.19. The first kappa shape index (κ1) is 23.0. The Balaban J connectivity index is 1.36. The lowest BCUT2D eigenvalue weighted by atomic mass is 9.77. The van der Waals surface area contributed by atoms with Crippen LogP contribution < -0.4 is 4.74 Å². The van der Waals surface area contributed by atoms with Crippen molar-refractivity contribution in [2.75, 3.05) is 13.2 Å². The molecule has 172 valence electrons. The molecule has 2 aromatic rings. The van der Waals surface area contributed by atoms with Crippen molar-refractivity contribution in [1.82, 2.24) is 0 Å². The fourth-order valence-corrected chi connectivity index (χ4v) is 5.17. The van der Waals surface area contributed by atoms with E-state index in [4.69, 9.17) is 9.47 Å². The average molecular weight is 441 g/mol. The summed E-state index contributed by atoms with van der Waals surface area (Å²) in [5.41, 5.74) is 2.13. The van der Waals surface area contributed by atoms with Crippen LogP contribution in [0.2, 0.25) is 0 Å². The van der Waals surface area contributed by atoms with Crippen molar-refractivity contribution in [1.29, 1.82) is 0 Å². The second-order valence-electron chi connectivity index (χ2n) is 9.27. The predicted octanol–water partition coefficient (Wildman–Crippen LogP) is 7.68. The number of hydrogen-bond acceptors (Lipinski definition) is 2. The van der Waals surface area contributed by atoms with Gasteiger partial charge in [-0.15, -0.1) is 6.58 Å². The first-order valence-electron chi connectivity index (χ1n) is 12.1. The Hall–Kier alpha value is -2.20. The van der Waals surface area contributed by atoms with E-state index in [2.05, 4.69) is 12.7 Å². The van der Waals surface area contributed by atoms with Crippen molar-refractivity contribution in [3.63, 3.8) is 0 Å². The van der Waals surface area contributed by atoms with Crippen molar-refractivity contribution in [3.05, 3.63) is 66.3 Å². The number of ether oxygens (including phenoxy) is 2. The minimum absolute atomic E-state index is 0.0309. The Labute approximate surface area is 190 Å². The van der Waals surface area contributed by atoms with E-state index in [-0.39, 0.29) is 11.3 Å². The first-order chi connectivity index (χ1) is 15.6. The molecule has 2 fully saturated rings. The van der Waals surface area contributed by atoms with Crippen LogP contribution in [0.3, 0.4) is 0 Å². The van der Waals surface area contributed by atoms with Gasteiger partial charge >= 0.3 is 0 Å². The normalized spacial score (nSPS) is 26.0. The Kier molecular flexibility index (Phi) is 7.62. The fourth-order valence-electron chi connectivity index (χ4n) is 5.17. The molecule has 2 aromatic carbocycles. The van der Waals surface area contributed by atoms with Crippen molar-refractivity contribution in [2.45, 2.75) is 63.9 Å². The van der Waals surface area contributed by atoms with E-state index < -0.39 is 11.6 Å². The van der Waals surface area contributed by atoms with Crippen LogP contribution in [0.4, 0.5) is 8.78 Å². The maximum atomic E-state index is 14.6. The molecule has 0 amide bonds. The summed E-state index contributed by atoms with van der Waals surface area (Å²) < 4.78 is 40.6. The maximum Gasteiger partial charge on any atom is 0.201 e. The van der Waals surface area contributed by atoms with E-state index in [1.807, 2.05) is 31.2 Å². The lowest BCUT2D eigenvalue weighted by molar-refractivity contribution is -0.0419. The van der Waals surface area contributed by atoms with Crippen LogP contribution in [0.25, 0.3) is 11.1 Å². The van der Waals surface area contributed by atoms with Crippen molar-refractivity contribution in [3.8, 4) is 16.9 Å².